The van der Waals surface area contributed by atoms with Gasteiger partial charge in [0.15, 0.2) is 0 Å². The lowest BCUT2D eigenvalue weighted by Gasteiger charge is -2.06. The van der Waals surface area contributed by atoms with Gasteiger partial charge in [-0.3, -0.25) is 0 Å². The molecule has 2 aromatic rings. The highest BCUT2D eigenvalue weighted by Crippen LogP contribution is 2.16. The highest BCUT2D eigenvalue weighted by Gasteiger charge is 2.00. The zero-order chi connectivity index (χ0) is 12.1. The summed E-state index contributed by atoms with van der Waals surface area (Å²) in [6.07, 6.45) is 4.33. The van der Waals surface area contributed by atoms with Crippen LogP contribution in [0.3, 0.4) is 0 Å². The number of nitrogens with zero attached hydrogens (tertiary/aromatic N) is 2. The monoisotopic (exact) mass is 227 g/mol. The standard InChI is InChI=1S/C12H13N5/c13-8-9-7-10(1-2-11(9)14)15-4-3-12-16-5-6-17-12/h1-2,5-7,15H,3-4,14H2,(H,16,17). The van der Waals surface area contributed by atoms with Crippen molar-refractivity contribution in [3.63, 3.8) is 0 Å². The maximum absolute atomic E-state index is 8.85. The van der Waals surface area contributed by atoms with E-state index in [2.05, 4.69) is 21.4 Å². The molecule has 5 heteroatoms. The molecule has 1 aromatic heterocycles. The van der Waals surface area contributed by atoms with Crippen LogP contribution >= 0.6 is 0 Å². The number of imidazole rings is 1. The molecule has 2 rings (SSSR count). The number of aromatic amines is 1. The summed E-state index contributed by atoms with van der Waals surface area (Å²) < 4.78 is 0. The molecule has 0 unspecified atom stereocenters. The molecule has 0 aliphatic carbocycles. The van der Waals surface area contributed by atoms with Crippen LogP contribution in [0.15, 0.2) is 30.6 Å². The van der Waals surface area contributed by atoms with Crippen molar-refractivity contribution in [2.45, 2.75) is 6.42 Å². The van der Waals surface area contributed by atoms with Crippen molar-refractivity contribution in [2.75, 3.05) is 17.6 Å². The van der Waals surface area contributed by atoms with E-state index in [1.54, 1.807) is 24.5 Å². The van der Waals surface area contributed by atoms with Gasteiger partial charge in [-0.15, -0.1) is 0 Å². The topological polar surface area (TPSA) is 90.5 Å². The number of nitrogens with one attached hydrogen (secondary N) is 2. The predicted octanol–water partition coefficient (Wildman–Crippen LogP) is 1.52. The molecule has 0 fully saturated rings. The van der Waals surface area contributed by atoms with E-state index in [9.17, 15) is 0 Å². The van der Waals surface area contributed by atoms with Crippen molar-refractivity contribution in [3.05, 3.63) is 42.0 Å². The number of rotatable bonds is 4. The van der Waals surface area contributed by atoms with E-state index in [0.29, 0.717) is 11.3 Å². The summed E-state index contributed by atoms with van der Waals surface area (Å²) in [5.41, 5.74) is 7.53. The Bertz CT molecular complexity index is 524. The van der Waals surface area contributed by atoms with Gasteiger partial charge in [0.1, 0.15) is 11.9 Å². The smallest absolute Gasteiger partial charge is 0.107 e. The Kier molecular flexibility index (Phi) is 3.26. The van der Waals surface area contributed by atoms with E-state index in [1.165, 1.54) is 0 Å². The van der Waals surface area contributed by atoms with Gasteiger partial charge in [0, 0.05) is 36.7 Å². The van der Waals surface area contributed by atoms with Gasteiger partial charge in [-0.2, -0.15) is 5.26 Å². The Morgan fingerprint density at radius 2 is 2.35 bits per heavy atom. The van der Waals surface area contributed by atoms with Gasteiger partial charge in [0.2, 0.25) is 0 Å². The number of nitrogens with two attached hydrogens (primary N) is 1. The molecule has 0 saturated heterocycles. The van der Waals surface area contributed by atoms with Crippen LogP contribution in [0.4, 0.5) is 11.4 Å². The maximum atomic E-state index is 8.85. The van der Waals surface area contributed by atoms with Crippen molar-refractivity contribution in [1.29, 1.82) is 5.26 Å². The van der Waals surface area contributed by atoms with Crippen molar-refractivity contribution < 1.29 is 0 Å². The molecule has 0 saturated carbocycles. The summed E-state index contributed by atoms with van der Waals surface area (Å²) in [6, 6.07) is 7.39. The van der Waals surface area contributed by atoms with Crippen LogP contribution in [0.1, 0.15) is 11.4 Å². The number of benzene rings is 1. The quantitative estimate of drug-likeness (QED) is 0.691. The Balaban J connectivity index is 1.93. The van der Waals surface area contributed by atoms with Crippen molar-refractivity contribution in [2.24, 2.45) is 0 Å². The number of hydrogen-bond donors (Lipinski definition) is 3. The molecular formula is C12H13N5. The van der Waals surface area contributed by atoms with Crippen LogP contribution in [-0.2, 0) is 6.42 Å². The summed E-state index contributed by atoms with van der Waals surface area (Å²) >= 11 is 0. The number of hydrogen-bond acceptors (Lipinski definition) is 4. The van der Waals surface area contributed by atoms with Gasteiger partial charge in [-0.05, 0) is 18.2 Å². The van der Waals surface area contributed by atoms with Crippen LogP contribution < -0.4 is 11.1 Å². The van der Waals surface area contributed by atoms with Gasteiger partial charge in [0.25, 0.3) is 0 Å². The summed E-state index contributed by atoms with van der Waals surface area (Å²) in [4.78, 5) is 7.16. The highest BCUT2D eigenvalue weighted by atomic mass is 14.9. The minimum Gasteiger partial charge on any atom is -0.398 e. The molecular weight excluding hydrogens is 214 g/mol. The Morgan fingerprint density at radius 1 is 1.47 bits per heavy atom. The van der Waals surface area contributed by atoms with Gasteiger partial charge in [-0.1, -0.05) is 0 Å². The second kappa shape index (κ2) is 5.03. The fraction of sp³-hybridized carbons (Fsp3) is 0.167. The zero-order valence-corrected chi connectivity index (χ0v) is 9.27. The van der Waals surface area contributed by atoms with Gasteiger partial charge < -0.3 is 16.0 Å². The molecule has 0 spiro atoms. The van der Waals surface area contributed by atoms with Crippen LogP contribution in [0.5, 0.6) is 0 Å². The molecule has 0 bridgehead atoms. The summed E-state index contributed by atoms with van der Waals surface area (Å²) in [5, 5.41) is 12.1. The predicted molar refractivity (Wildman–Crippen MR) is 66.4 cm³/mol. The molecule has 0 aliphatic heterocycles. The molecule has 0 atom stereocenters. The Morgan fingerprint density at radius 3 is 3.06 bits per heavy atom. The average Bonchev–Trinajstić information content (AvgIpc) is 2.84. The van der Waals surface area contributed by atoms with E-state index in [-0.39, 0.29) is 0 Å². The summed E-state index contributed by atoms with van der Waals surface area (Å²) in [7, 11) is 0. The van der Waals surface area contributed by atoms with E-state index < -0.39 is 0 Å². The van der Waals surface area contributed by atoms with Crippen LogP contribution in [-0.4, -0.2) is 16.5 Å². The van der Waals surface area contributed by atoms with Crippen molar-refractivity contribution in [3.8, 4) is 6.07 Å². The van der Waals surface area contributed by atoms with Crippen LogP contribution in [0, 0.1) is 11.3 Å². The fourth-order valence-corrected chi connectivity index (χ4v) is 1.52. The first-order valence-corrected chi connectivity index (χ1v) is 5.31. The number of nitrogen functional groups attached to an aromatic ring is 1. The fourth-order valence-electron chi connectivity index (χ4n) is 1.52. The van der Waals surface area contributed by atoms with E-state index in [4.69, 9.17) is 11.0 Å². The minimum atomic E-state index is 0.494. The molecule has 1 aromatic carbocycles. The molecule has 0 aliphatic rings. The Labute approximate surface area is 99.3 Å². The molecule has 1 heterocycles. The SMILES string of the molecule is N#Cc1cc(NCCc2ncc[nH]2)ccc1N. The summed E-state index contributed by atoms with van der Waals surface area (Å²) in [5.74, 6) is 0.938. The molecule has 0 amide bonds. The van der Waals surface area contributed by atoms with Gasteiger partial charge >= 0.3 is 0 Å². The molecule has 4 N–H and O–H groups in total. The third-order valence-corrected chi connectivity index (χ3v) is 2.42. The Hall–Kier alpha value is -2.48. The van der Waals surface area contributed by atoms with Gasteiger partial charge in [0.05, 0.1) is 5.56 Å². The minimum absolute atomic E-state index is 0.494. The average molecular weight is 227 g/mol. The zero-order valence-electron chi connectivity index (χ0n) is 9.27. The van der Waals surface area contributed by atoms with Crippen molar-refractivity contribution in [1.82, 2.24) is 9.97 Å². The third-order valence-electron chi connectivity index (χ3n) is 2.42. The lowest BCUT2D eigenvalue weighted by molar-refractivity contribution is 0.927. The molecule has 86 valence electrons. The van der Waals surface area contributed by atoms with E-state index in [1.807, 2.05) is 6.07 Å². The van der Waals surface area contributed by atoms with Crippen LogP contribution in [0.25, 0.3) is 0 Å². The maximum Gasteiger partial charge on any atom is 0.107 e. The van der Waals surface area contributed by atoms with Crippen molar-refractivity contribution >= 4 is 11.4 Å². The third kappa shape index (κ3) is 2.75. The van der Waals surface area contributed by atoms with Crippen LogP contribution in [0.2, 0.25) is 0 Å². The number of aromatic nitrogens is 2. The highest BCUT2D eigenvalue weighted by molar-refractivity contribution is 5.61. The first-order chi connectivity index (χ1) is 8.29. The normalized spacial score (nSPS) is 9.82. The summed E-state index contributed by atoms with van der Waals surface area (Å²) in [6.45, 7) is 0.752. The lowest BCUT2D eigenvalue weighted by atomic mass is 10.2. The number of nitriles is 1. The van der Waals surface area contributed by atoms with E-state index >= 15 is 0 Å². The first kappa shape index (κ1) is 11.0. The van der Waals surface area contributed by atoms with E-state index in [0.717, 1.165) is 24.5 Å². The lowest BCUT2D eigenvalue weighted by Crippen LogP contribution is -2.06. The second-order valence-corrected chi connectivity index (χ2v) is 3.63. The second-order valence-electron chi connectivity index (χ2n) is 3.63. The largest absolute Gasteiger partial charge is 0.398 e. The first-order valence-electron chi connectivity index (χ1n) is 5.31. The van der Waals surface area contributed by atoms with Gasteiger partial charge in [-0.25, -0.2) is 4.98 Å². The molecule has 0 radical (unpaired) electrons. The molecule has 17 heavy (non-hydrogen) atoms. The number of H-pyrrole nitrogens is 1. The number of anilines is 2. The molecule has 5 nitrogen and oxygen atoms in total.